The first-order valence-corrected chi connectivity index (χ1v) is 5.41. The zero-order valence-corrected chi connectivity index (χ0v) is 9.81. The Hall–Kier alpha value is -2.15. The third-order valence-corrected chi connectivity index (χ3v) is 2.34. The Labute approximate surface area is 101 Å². The SMILES string of the molecule is C#CCN(CCC)C(=O)c1ccc(N)c(O)c1. The number of hydrogen-bond acceptors (Lipinski definition) is 3. The molecule has 0 atom stereocenters. The Bertz CT molecular complexity index is 449. The second-order valence-electron chi connectivity index (χ2n) is 3.70. The zero-order valence-electron chi connectivity index (χ0n) is 9.81. The van der Waals surface area contributed by atoms with E-state index >= 15 is 0 Å². The molecule has 4 heteroatoms. The minimum absolute atomic E-state index is 0.0898. The van der Waals surface area contributed by atoms with Crippen molar-refractivity contribution in [1.82, 2.24) is 4.90 Å². The predicted molar refractivity (Wildman–Crippen MR) is 67.5 cm³/mol. The number of hydrogen-bond donors (Lipinski definition) is 2. The number of phenolic OH excluding ortho intramolecular Hbond substituents is 1. The first kappa shape index (κ1) is 12.9. The van der Waals surface area contributed by atoms with Crippen LogP contribution in [-0.2, 0) is 0 Å². The van der Waals surface area contributed by atoms with Crippen LogP contribution in [0.2, 0.25) is 0 Å². The molecular formula is C13H16N2O2. The van der Waals surface area contributed by atoms with Crippen molar-refractivity contribution in [3.05, 3.63) is 23.8 Å². The molecule has 1 amide bonds. The van der Waals surface area contributed by atoms with Crippen LogP contribution in [0, 0.1) is 12.3 Å². The van der Waals surface area contributed by atoms with Gasteiger partial charge in [0.2, 0.25) is 0 Å². The van der Waals surface area contributed by atoms with Crippen LogP contribution in [-0.4, -0.2) is 29.0 Å². The number of aromatic hydroxyl groups is 1. The molecule has 0 heterocycles. The minimum Gasteiger partial charge on any atom is -0.506 e. The first-order chi connectivity index (χ1) is 8.10. The van der Waals surface area contributed by atoms with Crippen LogP contribution in [0.4, 0.5) is 5.69 Å². The molecule has 4 nitrogen and oxygen atoms in total. The summed E-state index contributed by atoms with van der Waals surface area (Å²) in [4.78, 5) is 13.6. The molecule has 0 aromatic heterocycles. The van der Waals surface area contributed by atoms with E-state index in [1.165, 1.54) is 12.1 Å². The maximum atomic E-state index is 12.1. The summed E-state index contributed by atoms with van der Waals surface area (Å²) < 4.78 is 0. The van der Waals surface area contributed by atoms with Crippen LogP contribution in [0.5, 0.6) is 5.75 Å². The van der Waals surface area contributed by atoms with Crippen molar-refractivity contribution in [3.8, 4) is 18.1 Å². The Morgan fingerprint density at radius 2 is 2.29 bits per heavy atom. The Kier molecular flexibility index (Phi) is 4.41. The summed E-state index contributed by atoms with van der Waals surface area (Å²) in [6, 6.07) is 4.44. The summed E-state index contributed by atoms with van der Waals surface area (Å²) in [5.41, 5.74) is 6.11. The highest BCUT2D eigenvalue weighted by Gasteiger charge is 2.14. The lowest BCUT2D eigenvalue weighted by Crippen LogP contribution is -2.32. The number of amides is 1. The number of phenols is 1. The van der Waals surface area contributed by atoms with Crippen molar-refractivity contribution in [2.45, 2.75) is 13.3 Å². The van der Waals surface area contributed by atoms with E-state index in [0.29, 0.717) is 12.1 Å². The van der Waals surface area contributed by atoms with Crippen LogP contribution < -0.4 is 5.73 Å². The van der Waals surface area contributed by atoms with Gasteiger partial charge in [0.1, 0.15) is 5.75 Å². The van der Waals surface area contributed by atoms with Crippen molar-refractivity contribution < 1.29 is 9.90 Å². The molecule has 1 aromatic carbocycles. The van der Waals surface area contributed by atoms with E-state index in [1.54, 1.807) is 11.0 Å². The molecule has 17 heavy (non-hydrogen) atoms. The van der Waals surface area contributed by atoms with E-state index in [9.17, 15) is 9.90 Å². The lowest BCUT2D eigenvalue weighted by Gasteiger charge is -2.19. The van der Waals surface area contributed by atoms with Crippen molar-refractivity contribution >= 4 is 11.6 Å². The number of nitrogens with two attached hydrogens (primary N) is 1. The van der Waals surface area contributed by atoms with Gasteiger partial charge >= 0.3 is 0 Å². The van der Waals surface area contributed by atoms with E-state index in [1.807, 2.05) is 6.92 Å². The number of carbonyl (C=O) groups is 1. The fraction of sp³-hybridized carbons (Fsp3) is 0.308. The lowest BCUT2D eigenvalue weighted by molar-refractivity contribution is 0.0776. The molecule has 0 unspecified atom stereocenters. The summed E-state index contributed by atoms with van der Waals surface area (Å²) in [5, 5.41) is 9.45. The molecular weight excluding hydrogens is 216 g/mol. The molecule has 0 aliphatic heterocycles. The Balaban J connectivity index is 2.93. The summed E-state index contributed by atoms with van der Waals surface area (Å²) in [6.45, 7) is 2.82. The van der Waals surface area contributed by atoms with E-state index in [-0.39, 0.29) is 23.9 Å². The van der Waals surface area contributed by atoms with Gasteiger partial charge in [0.05, 0.1) is 12.2 Å². The fourth-order valence-corrected chi connectivity index (χ4v) is 1.49. The molecule has 0 aliphatic carbocycles. The van der Waals surface area contributed by atoms with Crippen molar-refractivity contribution in [3.63, 3.8) is 0 Å². The van der Waals surface area contributed by atoms with Gasteiger partial charge in [-0.3, -0.25) is 4.79 Å². The molecule has 0 saturated heterocycles. The summed E-state index contributed by atoms with van der Waals surface area (Å²) in [5.74, 6) is 2.16. The molecule has 1 rings (SSSR count). The van der Waals surface area contributed by atoms with Gasteiger partial charge in [0.25, 0.3) is 5.91 Å². The largest absolute Gasteiger partial charge is 0.506 e. The minimum atomic E-state index is -0.194. The maximum absolute atomic E-state index is 12.1. The molecule has 90 valence electrons. The van der Waals surface area contributed by atoms with E-state index < -0.39 is 0 Å². The molecule has 1 aromatic rings. The second kappa shape index (κ2) is 5.80. The molecule has 0 aliphatic rings. The van der Waals surface area contributed by atoms with Gasteiger partial charge in [0, 0.05) is 12.1 Å². The fourth-order valence-electron chi connectivity index (χ4n) is 1.49. The van der Waals surface area contributed by atoms with Gasteiger partial charge in [-0.05, 0) is 24.6 Å². The maximum Gasteiger partial charge on any atom is 0.254 e. The Morgan fingerprint density at radius 3 is 2.82 bits per heavy atom. The molecule has 0 fully saturated rings. The van der Waals surface area contributed by atoms with Crippen LogP contribution in [0.3, 0.4) is 0 Å². The predicted octanol–water partition coefficient (Wildman–Crippen LogP) is 1.46. The number of nitrogens with zero attached hydrogens (tertiary/aromatic N) is 1. The average molecular weight is 232 g/mol. The monoisotopic (exact) mass is 232 g/mol. The average Bonchev–Trinajstić information content (AvgIpc) is 2.31. The molecule has 3 N–H and O–H groups in total. The van der Waals surface area contributed by atoms with Gasteiger partial charge in [-0.1, -0.05) is 12.8 Å². The van der Waals surface area contributed by atoms with Crippen LogP contribution in [0.1, 0.15) is 23.7 Å². The van der Waals surface area contributed by atoms with Crippen molar-refractivity contribution in [2.24, 2.45) is 0 Å². The third kappa shape index (κ3) is 3.15. The van der Waals surface area contributed by atoms with Gasteiger partial charge in [-0.2, -0.15) is 0 Å². The van der Waals surface area contributed by atoms with Crippen LogP contribution in [0.15, 0.2) is 18.2 Å². The number of benzene rings is 1. The number of terminal acetylenes is 1. The third-order valence-electron chi connectivity index (χ3n) is 2.34. The first-order valence-electron chi connectivity index (χ1n) is 5.41. The summed E-state index contributed by atoms with van der Waals surface area (Å²) >= 11 is 0. The van der Waals surface area contributed by atoms with E-state index in [2.05, 4.69) is 5.92 Å². The van der Waals surface area contributed by atoms with Crippen molar-refractivity contribution in [2.75, 3.05) is 18.8 Å². The molecule has 0 saturated carbocycles. The second-order valence-corrected chi connectivity index (χ2v) is 3.70. The zero-order chi connectivity index (χ0) is 12.8. The number of nitrogen functional groups attached to an aromatic ring is 1. The number of anilines is 1. The smallest absolute Gasteiger partial charge is 0.254 e. The number of carbonyl (C=O) groups excluding carboxylic acids is 1. The lowest BCUT2D eigenvalue weighted by atomic mass is 10.1. The van der Waals surface area contributed by atoms with Gasteiger partial charge in [0.15, 0.2) is 0 Å². The van der Waals surface area contributed by atoms with Crippen molar-refractivity contribution in [1.29, 1.82) is 0 Å². The quantitative estimate of drug-likeness (QED) is 0.469. The number of rotatable bonds is 4. The molecule has 0 bridgehead atoms. The molecule has 0 radical (unpaired) electrons. The molecule has 0 spiro atoms. The van der Waals surface area contributed by atoms with Crippen LogP contribution >= 0.6 is 0 Å². The standard InChI is InChI=1S/C13H16N2O2/c1-3-7-15(8-4-2)13(17)10-5-6-11(14)12(16)9-10/h1,5-6,9,16H,4,7-8,14H2,2H3. The highest BCUT2D eigenvalue weighted by molar-refractivity contribution is 5.95. The topological polar surface area (TPSA) is 66.6 Å². The summed E-state index contributed by atoms with van der Waals surface area (Å²) in [7, 11) is 0. The van der Waals surface area contributed by atoms with E-state index in [4.69, 9.17) is 12.2 Å². The van der Waals surface area contributed by atoms with Crippen LogP contribution in [0.25, 0.3) is 0 Å². The summed E-state index contributed by atoms with van der Waals surface area (Å²) in [6.07, 6.45) is 6.04. The van der Waals surface area contributed by atoms with Gasteiger partial charge < -0.3 is 15.7 Å². The normalized spacial score (nSPS) is 9.65. The highest BCUT2D eigenvalue weighted by atomic mass is 16.3. The highest BCUT2D eigenvalue weighted by Crippen LogP contribution is 2.21. The van der Waals surface area contributed by atoms with Gasteiger partial charge in [-0.25, -0.2) is 0 Å². The Morgan fingerprint density at radius 1 is 1.59 bits per heavy atom. The van der Waals surface area contributed by atoms with E-state index in [0.717, 1.165) is 6.42 Å². The van der Waals surface area contributed by atoms with Gasteiger partial charge in [-0.15, -0.1) is 6.42 Å².